The molecule has 0 aliphatic heterocycles. The molecule has 0 aliphatic carbocycles. The fraction of sp³-hybridized carbons (Fsp3) is 0.400. The predicted molar refractivity (Wildman–Crippen MR) is 54.7 cm³/mol. The van der Waals surface area contributed by atoms with E-state index in [1.165, 1.54) is 7.11 Å². The fourth-order valence-corrected chi connectivity index (χ4v) is 1.79. The van der Waals surface area contributed by atoms with Gasteiger partial charge >= 0.3 is 0 Å². The molecule has 0 aliphatic rings. The van der Waals surface area contributed by atoms with E-state index in [1.807, 2.05) is 0 Å². The van der Waals surface area contributed by atoms with Crippen molar-refractivity contribution in [3.05, 3.63) is 27.7 Å². The molecule has 4 heteroatoms. The monoisotopic (exact) mass is 264 g/mol. The van der Waals surface area contributed by atoms with Crippen LogP contribution in [0.1, 0.15) is 25.3 Å². The summed E-state index contributed by atoms with van der Waals surface area (Å²) in [4.78, 5) is 0. The second-order valence-corrected chi connectivity index (χ2v) is 4.12. The van der Waals surface area contributed by atoms with Crippen molar-refractivity contribution in [2.75, 3.05) is 7.11 Å². The molecule has 0 atom stereocenters. The van der Waals surface area contributed by atoms with Crippen molar-refractivity contribution in [2.45, 2.75) is 19.8 Å². The molecule has 0 heterocycles. The highest BCUT2D eigenvalue weighted by atomic mass is 79.9. The molecule has 0 amide bonds. The summed E-state index contributed by atoms with van der Waals surface area (Å²) < 4.78 is 31.9. The van der Waals surface area contributed by atoms with E-state index in [0.717, 1.165) is 0 Å². The number of rotatable bonds is 2. The lowest BCUT2D eigenvalue weighted by Crippen LogP contribution is -2.00. The molecule has 1 aromatic carbocycles. The van der Waals surface area contributed by atoms with Gasteiger partial charge in [-0.25, -0.2) is 4.39 Å². The van der Waals surface area contributed by atoms with Crippen molar-refractivity contribution < 1.29 is 13.5 Å². The molecule has 0 saturated carbocycles. The first-order valence-electron chi connectivity index (χ1n) is 4.20. The molecule has 0 spiro atoms. The van der Waals surface area contributed by atoms with E-state index in [1.54, 1.807) is 19.9 Å². The summed E-state index contributed by atoms with van der Waals surface area (Å²) in [5, 5.41) is 0. The maximum absolute atomic E-state index is 13.4. The van der Waals surface area contributed by atoms with E-state index in [2.05, 4.69) is 15.9 Å². The van der Waals surface area contributed by atoms with Gasteiger partial charge in [-0.3, -0.25) is 0 Å². The van der Waals surface area contributed by atoms with Gasteiger partial charge < -0.3 is 4.74 Å². The van der Waals surface area contributed by atoms with Crippen molar-refractivity contribution >= 4 is 15.9 Å². The highest BCUT2D eigenvalue weighted by Gasteiger charge is 2.19. The van der Waals surface area contributed by atoms with Gasteiger partial charge in [0.2, 0.25) is 5.82 Å². The first-order valence-corrected chi connectivity index (χ1v) is 4.99. The van der Waals surface area contributed by atoms with E-state index in [-0.39, 0.29) is 11.7 Å². The van der Waals surface area contributed by atoms with E-state index in [4.69, 9.17) is 4.74 Å². The third kappa shape index (κ3) is 1.90. The summed E-state index contributed by atoms with van der Waals surface area (Å²) in [7, 11) is 1.30. The van der Waals surface area contributed by atoms with Crippen molar-refractivity contribution in [3.63, 3.8) is 0 Å². The second-order valence-electron chi connectivity index (χ2n) is 3.26. The molecule has 0 fully saturated rings. The number of methoxy groups -OCH3 is 1. The number of benzene rings is 1. The Morgan fingerprint density at radius 2 is 1.86 bits per heavy atom. The number of hydrogen-bond donors (Lipinski definition) is 0. The topological polar surface area (TPSA) is 9.23 Å². The van der Waals surface area contributed by atoms with Gasteiger partial charge in [-0.1, -0.05) is 13.8 Å². The Bertz CT molecular complexity index is 350. The summed E-state index contributed by atoms with van der Waals surface area (Å²) in [6.07, 6.45) is 0. The van der Waals surface area contributed by atoms with Gasteiger partial charge in [0.25, 0.3) is 0 Å². The van der Waals surface area contributed by atoms with Crippen molar-refractivity contribution in [3.8, 4) is 5.75 Å². The average molecular weight is 265 g/mol. The van der Waals surface area contributed by atoms with Gasteiger partial charge in [0.05, 0.1) is 11.6 Å². The molecule has 14 heavy (non-hydrogen) atoms. The Morgan fingerprint density at radius 1 is 1.29 bits per heavy atom. The molecule has 1 nitrogen and oxygen atoms in total. The number of hydrogen-bond acceptors (Lipinski definition) is 1. The van der Waals surface area contributed by atoms with E-state index in [9.17, 15) is 8.78 Å². The van der Waals surface area contributed by atoms with Crippen LogP contribution in [0.15, 0.2) is 10.5 Å². The first-order chi connectivity index (χ1) is 6.49. The Hall–Kier alpha value is -0.640. The molecule has 0 radical (unpaired) electrons. The minimum absolute atomic E-state index is 0.0632. The smallest absolute Gasteiger partial charge is 0.202 e. The van der Waals surface area contributed by atoms with Crippen LogP contribution in [0.4, 0.5) is 8.78 Å². The zero-order chi connectivity index (χ0) is 10.9. The Kier molecular flexibility index (Phi) is 3.48. The maximum Gasteiger partial charge on any atom is 0.202 e. The highest BCUT2D eigenvalue weighted by Crippen LogP contribution is 2.34. The largest absolute Gasteiger partial charge is 0.492 e. The molecule has 0 bridgehead atoms. The molecular formula is C10H11BrF2O. The predicted octanol–water partition coefficient (Wildman–Crippen LogP) is 3.86. The van der Waals surface area contributed by atoms with Crippen LogP contribution >= 0.6 is 15.9 Å². The molecular weight excluding hydrogens is 254 g/mol. The van der Waals surface area contributed by atoms with E-state index < -0.39 is 11.6 Å². The minimum Gasteiger partial charge on any atom is -0.492 e. The third-order valence-electron chi connectivity index (χ3n) is 1.97. The first kappa shape index (κ1) is 11.4. The summed E-state index contributed by atoms with van der Waals surface area (Å²) in [5.74, 6) is -1.93. The van der Waals surface area contributed by atoms with Gasteiger partial charge in [-0.2, -0.15) is 4.39 Å². The SMILES string of the molecule is COc1c(Br)cc(C(C)C)c(F)c1F. The maximum atomic E-state index is 13.4. The lowest BCUT2D eigenvalue weighted by molar-refractivity contribution is 0.366. The molecule has 0 aromatic heterocycles. The van der Waals surface area contributed by atoms with Crippen LogP contribution in [0.2, 0.25) is 0 Å². The lowest BCUT2D eigenvalue weighted by atomic mass is 10.0. The van der Waals surface area contributed by atoms with Gasteiger partial charge in [0, 0.05) is 0 Å². The van der Waals surface area contributed by atoms with Crippen LogP contribution in [-0.2, 0) is 0 Å². The van der Waals surface area contributed by atoms with Crippen molar-refractivity contribution in [1.82, 2.24) is 0 Å². The summed E-state index contributed by atoms with van der Waals surface area (Å²) in [6.45, 7) is 3.60. The second kappa shape index (κ2) is 4.26. The third-order valence-corrected chi connectivity index (χ3v) is 2.56. The van der Waals surface area contributed by atoms with Crippen molar-refractivity contribution in [1.29, 1.82) is 0 Å². The van der Waals surface area contributed by atoms with Crippen molar-refractivity contribution in [2.24, 2.45) is 0 Å². The van der Waals surface area contributed by atoms with Gasteiger partial charge in [0.15, 0.2) is 11.6 Å². The minimum atomic E-state index is -0.939. The van der Waals surface area contributed by atoms with E-state index in [0.29, 0.717) is 10.0 Å². The summed E-state index contributed by atoms with van der Waals surface area (Å²) in [6, 6.07) is 1.54. The Balaban J connectivity index is 3.40. The van der Waals surface area contributed by atoms with Crippen LogP contribution < -0.4 is 4.74 Å². The van der Waals surface area contributed by atoms with Crippen LogP contribution in [0.3, 0.4) is 0 Å². The normalized spacial score (nSPS) is 10.8. The summed E-state index contributed by atoms with van der Waals surface area (Å²) in [5.41, 5.74) is 0.343. The average Bonchev–Trinajstić information content (AvgIpc) is 2.12. The van der Waals surface area contributed by atoms with Gasteiger partial charge in [0.1, 0.15) is 0 Å². The van der Waals surface area contributed by atoms with E-state index >= 15 is 0 Å². The number of ether oxygens (including phenoxy) is 1. The van der Waals surface area contributed by atoms with Gasteiger partial charge in [-0.15, -0.1) is 0 Å². The molecule has 0 N–H and O–H groups in total. The molecule has 1 rings (SSSR count). The standard InChI is InChI=1S/C10H11BrF2O/c1-5(2)6-4-7(11)10(14-3)9(13)8(6)12/h4-5H,1-3H3. The zero-order valence-corrected chi connectivity index (χ0v) is 9.78. The molecule has 0 unspecified atom stereocenters. The van der Waals surface area contributed by atoms with Crippen LogP contribution in [-0.4, -0.2) is 7.11 Å². The summed E-state index contributed by atoms with van der Waals surface area (Å²) >= 11 is 3.13. The lowest BCUT2D eigenvalue weighted by Gasteiger charge is -2.12. The Morgan fingerprint density at radius 3 is 2.29 bits per heavy atom. The van der Waals surface area contributed by atoms with Gasteiger partial charge in [-0.05, 0) is 33.5 Å². The number of halogens is 3. The molecule has 1 aromatic rings. The molecule has 78 valence electrons. The Labute approximate surface area is 90.2 Å². The van der Waals surface area contributed by atoms with Crippen LogP contribution in [0.5, 0.6) is 5.75 Å². The highest BCUT2D eigenvalue weighted by molar-refractivity contribution is 9.10. The van der Waals surface area contributed by atoms with Crippen LogP contribution in [0.25, 0.3) is 0 Å². The zero-order valence-electron chi connectivity index (χ0n) is 8.20. The van der Waals surface area contributed by atoms with Crippen LogP contribution in [0, 0.1) is 11.6 Å². The fourth-order valence-electron chi connectivity index (χ4n) is 1.20. The quantitative estimate of drug-likeness (QED) is 0.738. The molecule has 0 saturated heterocycles.